The van der Waals surface area contributed by atoms with Gasteiger partial charge in [-0.15, -0.1) is 0 Å². The highest BCUT2D eigenvalue weighted by molar-refractivity contribution is 7.91. The Balaban J connectivity index is 1.71. The van der Waals surface area contributed by atoms with Crippen LogP contribution in [0, 0.1) is 6.92 Å². The van der Waals surface area contributed by atoms with Crippen molar-refractivity contribution in [1.29, 1.82) is 0 Å². The SMILES string of the molecule is CCS(=O)(=O)c1ccc(O)c(NC(=O)c2ccc(COc3ccccc3C)o2)c1. The number of phenols is 1. The van der Waals surface area contributed by atoms with E-state index in [0.29, 0.717) is 11.5 Å². The Morgan fingerprint density at radius 1 is 1.14 bits per heavy atom. The summed E-state index contributed by atoms with van der Waals surface area (Å²) in [7, 11) is -3.47. The van der Waals surface area contributed by atoms with Crippen LogP contribution in [0.3, 0.4) is 0 Å². The summed E-state index contributed by atoms with van der Waals surface area (Å²) >= 11 is 0. The van der Waals surface area contributed by atoms with Crippen molar-refractivity contribution in [3.05, 3.63) is 71.7 Å². The number of carbonyl (C=O) groups excluding carboxylic acids is 1. The Morgan fingerprint density at radius 2 is 1.90 bits per heavy atom. The number of amides is 1. The van der Waals surface area contributed by atoms with Crippen LogP contribution in [0.25, 0.3) is 0 Å². The molecule has 152 valence electrons. The van der Waals surface area contributed by atoms with Gasteiger partial charge in [0.25, 0.3) is 5.91 Å². The molecular formula is C21H21NO6S. The molecule has 0 saturated heterocycles. The fourth-order valence-electron chi connectivity index (χ4n) is 2.60. The van der Waals surface area contributed by atoms with E-state index >= 15 is 0 Å². The van der Waals surface area contributed by atoms with Crippen LogP contribution >= 0.6 is 0 Å². The smallest absolute Gasteiger partial charge is 0.291 e. The first-order valence-electron chi connectivity index (χ1n) is 8.94. The number of ether oxygens (including phenoxy) is 1. The van der Waals surface area contributed by atoms with Crippen molar-refractivity contribution in [3.8, 4) is 11.5 Å². The lowest BCUT2D eigenvalue weighted by atomic mass is 10.2. The number of rotatable bonds is 7. The highest BCUT2D eigenvalue weighted by Crippen LogP contribution is 2.28. The van der Waals surface area contributed by atoms with Crippen molar-refractivity contribution < 1.29 is 27.5 Å². The topological polar surface area (TPSA) is 106 Å². The van der Waals surface area contributed by atoms with Crippen LogP contribution in [0.2, 0.25) is 0 Å². The third-order valence-electron chi connectivity index (χ3n) is 4.30. The quantitative estimate of drug-likeness (QED) is 0.567. The van der Waals surface area contributed by atoms with Crippen LogP contribution in [0.1, 0.15) is 28.8 Å². The molecule has 0 aliphatic carbocycles. The molecule has 7 nitrogen and oxygen atoms in total. The summed E-state index contributed by atoms with van der Waals surface area (Å²) in [5.74, 6) is 0.222. The maximum atomic E-state index is 12.4. The number of carbonyl (C=O) groups is 1. The van der Waals surface area contributed by atoms with Gasteiger partial charge >= 0.3 is 0 Å². The zero-order chi connectivity index (χ0) is 21.0. The highest BCUT2D eigenvalue weighted by Gasteiger charge is 2.17. The molecule has 1 aromatic heterocycles. The van der Waals surface area contributed by atoms with Crippen molar-refractivity contribution in [3.63, 3.8) is 0 Å². The van der Waals surface area contributed by atoms with Crippen LogP contribution in [0.4, 0.5) is 5.69 Å². The largest absolute Gasteiger partial charge is 0.506 e. The first-order valence-corrected chi connectivity index (χ1v) is 10.6. The predicted molar refractivity (Wildman–Crippen MR) is 108 cm³/mol. The maximum absolute atomic E-state index is 12.4. The van der Waals surface area contributed by atoms with Gasteiger partial charge in [0.05, 0.1) is 16.3 Å². The van der Waals surface area contributed by atoms with Gasteiger partial charge in [-0.2, -0.15) is 0 Å². The molecule has 0 unspecified atom stereocenters. The van der Waals surface area contributed by atoms with Crippen LogP contribution in [-0.4, -0.2) is 25.2 Å². The molecule has 0 bridgehead atoms. The molecule has 0 aliphatic rings. The molecule has 0 fully saturated rings. The first-order chi connectivity index (χ1) is 13.8. The summed E-state index contributed by atoms with van der Waals surface area (Å²) in [5.41, 5.74) is 0.966. The summed E-state index contributed by atoms with van der Waals surface area (Å²) in [6.07, 6.45) is 0. The summed E-state index contributed by atoms with van der Waals surface area (Å²) in [5, 5.41) is 12.4. The zero-order valence-electron chi connectivity index (χ0n) is 16.0. The van der Waals surface area contributed by atoms with E-state index in [1.165, 1.54) is 31.2 Å². The van der Waals surface area contributed by atoms with Crippen molar-refractivity contribution in [2.45, 2.75) is 25.3 Å². The number of aromatic hydroxyl groups is 1. The molecule has 3 rings (SSSR count). The van der Waals surface area contributed by atoms with Gasteiger partial charge in [0.1, 0.15) is 23.9 Å². The van der Waals surface area contributed by atoms with Crippen LogP contribution in [0.5, 0.6) is 11.5 Å². The van der Waals surface area contributed by atoms with E-state index in [9.17, 15) is 18.3 Å². The van der Waals surface area contributed by atoms with E-state index in [1.807, 2.05) is 31.2 Å². The minimum absolute atomic E-state index is 0.0107. The third kappa shape index (κ3) is 4.78. The van der Waals surface area contributed by atoms with Crippen molar-refractivity contribution >= 4 is 21.4 Å². The average Bonchev–Trinajstić information content (AvgIpc) is 3.18. The third-order valence-corrected chi connectivity index (χ3v) is 6.04. The van der Waals surface area contributed by atoms with Gasteiger partial charge < -0.3 is 19.6 Å². The number of anilines is 1. The number of phenolic OH excluding ortho intramolecular Hbond substituents is 1. The molecule has 0 aliphatic heterocycles. The highest BCUT2D eigenvalue weighted by atomic mass is 32.2. The predicted octanol–water partition coefficient (Wildman–Crippen LogP) is 3.92. The fourth-order valence-corrected chi connectivity index (χ4v) is 3.51. The molecule has 29 heavy (non-hydrogen) atoms. The maximum Gasteiger partial charge on any atom is 0.291 e. The number of aryl methyl sites for hydroxylation is 1. The first kappa shape index (κ1) is 20.5. The summed E-state index contributed by atoms with van der Waals surface area (Å²) in [4.78, 5) is 12.4. The van der Waals surface area contributed by atoms with E-state index in [-0.39, 0.29) is 34.5 Å². The van der Waals surface area contributed by atoms with Gasteiger partial charge in [0.2, 0.25) is 0 Å². The van der Waals surface area contributed by atoms with Crippen LogP contribution in [-0.2, 0) is 16.4 Å². The minimum atomic E-state index is -3.47. The number of hydrogen-bond acceptors (Lipinski definition) is 6. The molecule has 2 N–H and O–H groups in total. The molecule has 1 amide bonds. The Labute approximate surface area is 168 Å². The number of benzene rings is 2. The molecule has 8 heteroatoms. The van der Waals surface area contributed by atoms with E-state index < -0.39 is 15.7 Å². The number of sulfone groups is 1. The second-order valence-electron chi connectivity index (χ2n) is 6.36. The molecule has 1 heterocycles. The lowest BCUT2D eigenvalue weighted by Gasteiger charge is -2.09. The lowest BCUT2D eigenvalue weighted by molar-refractivity contribution is 0.0992. The van der Waals surface area contributed by atoms with Crippen molar-refractivity contribution in [1.82, 2.24) is 0 Å². The summed E-state index contributed by atoms with van der Waals surface area (Å²) < 4.78 is 35.2. The number of furan rings is 1. The van der Waals surface area contributed by atoms with Gasteiger partial charge in [-0.05, 0) is 48.9 Å². The molecule has 3 aromatic rings. The van der Waals surface area contributed by atoms with Crippen molar-refractivity contribution in [2.75, 3.05) is 11.1 Å². The van der Waals surface area contributed by atoms with Gasteiger partial charge in [-0.25, -0.2) is 8.42 Å². The number of para-hydroxylation sites is 1. The monoisotopic (exact) mass is 415 g/mol. The molecular weight excluding hydrogens is 394 g/mol. The van der Waals surface area contributed by atoms with Gasteiger partial charge in [0, 0.05) is 0 Å². The molecule has 0 saturated carbocycles. The van der Waals surface area contributed by atoms with Gasteiger partial charge in [-0.1, -0.05) is 25.1 Å². The molecule has 0 radical (unpaired) electrons. The normalized spacial score (nSPS) is 11.2. The van der Waals surface area contributed by atoms with Crippen LogP contribution in [0.15, 0.2) is 63.9 Å². The molecule has 0 atom stereocenters. The summed E-state index contributed by atoms with van der Waals surface area (Å²) in [6.45, 7) is 3.59. The van der Waals surface area contributed by atoms with E-state index in [0.717, 1.165) is 5.56 Å². The Hall–Kier alpha value is -3.26. The minimum Gasteiger partial charge on any atom is -0.506 e. The fraction of sp³-hybridized carbons (Fsp3) is 0.190. The number of hydrogen-bond donors (Lipinski definition) is 2. The Kier molecular flexibility index (Phi) is 5.93. The van der Waals surface area contributed by atoms with Crippen molar-refractivity contribution in [2.24, 2.45) is 0 Å². The van der Waals surface area contributed by atoms with E-state index in [2.05, 4.69) is 5.32 Å². The average molecular weight is 415 g/mol. The van der Waals surface area contributed by atoms with Gasteiger partial charge in [-0.3, -0.25) is 4.79 Å². The van der Waals surface area contributed by atoms with E-state index in [4.69, 9.17) is 9.15 Å². The molecule has 0 spiro atoms. The Morgan fingerprint density at radius 3 is 2.62 bits per heavy atom. The zero-order valence-corrected chi connectivity index (χ0v) is 16.8. The number of nitrogens with one attached hydrogen (secondary N) is 1. The van der Waals surface area contributed by atoms with Crippen LogP contribution < -0.4 is 10.1 Å². The standard InChI is InChI=1S/C21H21NO6S/c1-3-29(25,26)16-9-10-18(23)17(12-16)22-21(24)20-11-8-15(28-20)13-27-19-7-5-4-6-14(19)2/h4-12,23H,3,13H2,1-2H3,(H,22,24). The Bertz CT molecular complexity index is 1130. The van der Waals surface area contributed by atoms with E-state index in [1.54, 1.807) is 6.07 Å². The second-order valence-corrected chi connectivity index (χ2v) is 8.63. The summed E-state index contributed by atoms with van der Waals surface area (Å²) in [6, 6.07) is 14.4. The molecule has 2 aromatic carbocycles. The second kappa shape index (κ2) is 8.40. The lowest BCUT2D eigenvalue weighted by Crippen LogP contribution is -2.12. The van der Waals surface area contributed by atoms with Gasteiger partial charge in [0.15, 0.2) is 15.6 Å².